The van der Waals surface area contributed by atoms with Crippen molar-refractivity contribution in [1.82, 2.24) is 0 Å². The molecule has 0 aliphatic carbocycles. The molecule has 0 bridgehead atoms. The molecule has 140 valence electrons. The molecule has 0 saturated heterocycles. The van der Waals surface area contributed by atoms with E-state index in [1.165, 1.54) is 26.0 Å². The number of hydrogen-bond acceptors (Lipinski definition) is 7. The number of ether oxygens (including phenoxy) is 3. The Morgan fingerprint density at radius 1 is 1.15 bits per heavy atom. The number of carbonyl (C=O) groups is 2. The number of amides is 1. The number of rotatable bonds is 8. The summed E-state index contributed by atoms with van der Waals surface area (Å²) < 4.78 is 20.6. The molecule has 1 N–H and O–H groups in total. The summed E-state index contributed by atoms with van der Waals surface area (Å²) in [6, 6.07) is 6.80. The predicted octanol–water partition coefficient (Wildman–Crippen LogP) is 3.26. The minimum Gasteiger partial charge on any atom is -0.497 e. The van der Waals surface area contributed by atoms with E-state index in [4.69, 9.17) is 13.9 Å². The maximum atomic E-state index is 12.1. The van der Waals surface area contributed by atoms with Crippen molar-refractivity contribution in [1.29, 1.82) is 0 Å². The molecular formula is C18H21NO6S. The van der Waals surface area contributed by atoms with Crippen LogP contribution in [0, 0.1) is 6.92 Å². The minimum absolute atomic E-state index is 0.171. The molecule has 0 fully saturated rings. The van der Waals surface area contributed by atoms with Gasteiger partial charge >= 0.3 is 5.97 Å². The van der Waals surface area contributed by atoms with Gasteiger partial charge in [0.25, 0.3) is 0 Å². The lowest BCUT2D eigenvalue weighted by atomic mass is 10.2. The van der Waals surface area contributed by atoms with Crippen molar-refractivity contribution in [3.05, 3.63) is 41.3 Å². The quantitative estimate of drug-likeness (QED) is 0.704. The third-order valence-corrected chi connectivity index (χ3v) is 4.49. The number of thioether (sulfide) groups is 1. The van der Waals surface area contributed by atoms with Gasteiger partial charge in [-0.2, -0.15) is 0 Å². The van der Waals surface area contributed by atoms with Crippen molar-refractivity contribution in [2.75, 3.05) is 32.4 Å². The Labute approximate surface area is 156 Å². The first-order chi connectivity index (χ1) is 12.5. The summed E-state index contributed by atoms with van der Waals surface area (Å²) in [5, 5.41) is 2.80. The molecule has 0 unspecified atom stereocenters. The van der Waals surface area contributed by atoms with E-state index in [2.05, 4.69) is 10.1 Å². The molecule has 0 atom stereocenters. The number of aryl methyl sites for hydroxylation is 1. The minimum atomic E-state index is -0.438. The SMILES string of the molecule is COC(=O)c1cc(CSCC(=O)Nc2ccc(OC)cc2OC)oc1C. The Balaban J connectivity index is 1.89. The van der Waals surface area contributed by atoms with Crippen LogP contribution in [0.25, 0.3) is 0 Å². The van der Waals surface area contributed by atoms with Crippen LogP contribution in [-0.4, -0.2) is 39.0 Å². The molecule has 0 aliphatic rings. The number of carbonyl (C=O) groups excluding carboxylic acids is 2. The zero-order chi connectivity index (χ0) is 19.1. The van der Waals surface area contributed by atoms with Crippen LogP contribution in [0.5, 0.6) is 11.5 Å². The Hall–Kier alpha value is -2.61. The van der Waals surface area contributed by atoms with Crippen molar-refractivity contribution < 1.29 is 28.2 Å². The van der Waals surface area contributed by atoms with E-state index in [1.54, 1.807) is 38.3 Å². The molecule has 1 aromatic heterocycles. The Kier molecular flexibility index (Phi) is 6.97. The van der Waals surface area contributed by atoms with E-state index in [9.17, 15) is 9.59 Å². The molecule has 8 heteroatoms. The van der Waals surface area contributed by atoms with Crippen LogP contribution < -0.4 is 14.8 Å². The molecule has 1 aromatic carbocycles. The van der Waals surface area contributed by atoms with E-state index in [0.29, 0.717) is 40.0 Å². The van der Waals surface area contributed by atoms with Gasteiger partial charge in [-0.1, -0.05) is 0 Å². The van der Waals surface area contributed by atoms with Crippen LogP contribution in [0.4, 0.5) is 5.69 Å². The lowest BCUT2D eigenvalue weighted by Gasteiger charge is -2.11. The second-order valence-electron chi connectivity index (χ2n) is 5.28. The first-order valence-corrected chi connectivity index (χ1v) is 8.91. The highest BCUT2D eigenvalue weighted by Crippen LogP contribution is 2.29. The Morgan fingerprint density at radius 3 is 2.58 bits per heavy atom. The van der Waals surface area contributed by atoms with E-state index >= 15 is 0 Å². The standard InChI is InChI=1S/C18H21NO6S/c1-11-14(18(21)24-4)7-13(25-11)9-26-10-17(20)19-15-6-5-12(22-2)8-16(15)23-3/h5-8H,9-10H2,1-4H3,(H,19,20). The largest absolute Gasteiger partial charge is 0.497 e. The molecule has 0 spiro atoms. The Morgan fingerprint density at radius 2 is 1.92 bits per heavy atom. The highest BCUT2D eigenvalue weighted by molar-refractivity contribution is 7.99. The van der Waals surface area contributed by atoms with E-state index in [-0.39, 0.29) is 11.7 Å². The van der Waals surface area contributed by atoms with Gasteiger partial charge in [-0.25, -0.2) is 4.79 Å². The summed E-state index contributed by atoms with van der Waals surface area (Å²) in [5.74, 6) is 2.35. The molecule has 0 saturated carbocycles. The second kappa shape index (κ2) is 9.19. The number of furan rings is 1. The fraction of sp³-hybridized carbons (Fsp3) is 0.333. The first kappa shape index (κ1) is 19.7. The van der Waals surface area contributed by atoms with Gasteiger partial charge in [-0.05, 0) is 25.1 Å². The van der Waals surface area contributed by atoms with Gasteiger partial charge in [0.2, 0.25) is 5.91 Å². The van der Waals surface area contributed by atoms with Gasteiger partial charge in [-0.3, -0.25) is 4.79 Å². The summed E-state index contributed by atoms with van der Waals surface area (Å²) in [4.78, 5) is 23.7. The van der Waals surface area contributed by atoms with Crippen molar-refractivity contribution in [2.24, 2.45) is 0 Å². The fourth-order valence-corrected chi connectivity index (χ4v) is 2.96. The second-order valence-corrected chi connectivity index (χ2v) is 6.27. The lowest BCUT2D eigenvalue weighted by Crippen LogP contribution is -2.14. The average Bonchev–Trinajstić information content (AvgIpc) is 3.01. The number of anilines is 1. The molecule has 26 heavy (non-hydrogen) atoms. The van der Waals surface area contributed by atoms with Crippen molar-refractivity contribution >= 4 is 29.3 Å². The Bertz CT molecular complexity index is 786. The normalized spacial score (nSPS) is 10.3. The predicted molar refractivity (Wildman–Crippen MR) is 99.1 cm³/mol. The van der Waals surface area contributed by atoms with E-state index in [1.807, 2.05) is 0 Å². The van der Waals surface area contributed by atoms with Crippen LogP contribution in [0.1, 0.15) is 21.9 Å². The van der Waals surface area contributed by atoms with E-state index < -0.39 is 5.97 Å². The molecule has 1 amide bonds. The summed E-state index contributed by atoms with van der Waals surface area (Å²) in [5.41, 5.74) is 0.969. The topological polar surface area (TPSA) is 87.0 Å². The van der Waals surface area contributed by atoms with Crippen LogP contribution in [0.3, 0.4) is 0 Å². The monoisotopic (exact) mass is 379 g/mol. The molecule has 1 heterocycles. The number of benzene rings is 1. The third kappa shape index (κ3) is 4.95. The maximum Gasteiger partial charge on any atom is 0.341 e. The number of esters is 1. The van der Waals surface area contributed by atoms with Crippen LogP contribution in [0.15, 0.2) is 28.7 Å². The fourth-order valence-electron chi connectivity index (χ4n) is 2.26. The molecule has 0 radical (unpaired) electrons. The van der Waals surface area contributed by atoms with Crippen LogP contribution >= 0.6 is 11.8 Å². The number of nitrogens with one attached hydrogen (secondary N) is 1. The van der Waals surface area contributed by atoms with Gasteiger partial charge in [0.15, 0.2) is 0 Å². The number of methoxy groups -OCH3 is 3. The van der Waals surface area contributed by atoms with Gasteiger partial charge in [0.05, 0.1) is 38.5 Å². The summed E-state index contributed by atoms with van der Waals surface area (Å²) in [6.45, 7) is 1.70. The first-order valence-electron chi connectivity index (χ1n) is 7.75. The molecule has 0 aliphatic heterocycles. The average molecular weight is 379 g/mol. The van der Waals surface area contributed by atoms with Gasteiger partial charge < -0.3 is 23.9 Å². The highest BCUT2D eigenvalue weighted by atomic mass is 32.2. The summed E-state index contributed by atoms with van der Waals surface area (Å²) in [7, 11) is 4.41. The van der Waals surface area contributed by atoms with Gasteiger partial charge in [0.1, 0.15) is 28.6 Å². The smallest absolute Gasteiger partial charge is 0.341 e. The number of hydrogen-bond donors (Lipinski definition) is 1. The van der Waals surface area contributed by atoms with Crippen LogP contribution in [-0.2, 0) is 15.3 Å². The molecule has 2 aromatic rings. The summed E-state index contributed by atoms with van der Waals surface area (Å²) >= 11 is 1.37. The molecular weight excluding hydrogens is 358 g/mol. The van der Waals surface area contributed by atoms with Crippen molar-refractivity contribution in [2.45, 2.75) is 12.7 Å². The lowest BCUT2D eigenvalue weighted by molar-refractivity contribution is -0.113. The zero-order valence-electron chi connectivity index (χ0n) is 15.1. The van der Waals surface area contributed by atoms with E-state index in [0.717, 1.165) is 0 Å². The highest BCUT2D eigenvalue weighted by Gasteiger charge is 2.16. The maximum absolute atomic E-state index is 12.1. The van der Waals surface area contributed by atoms with Gasteiger partial charge in [0, 0.05) is 6.07 Å². The summed E-state index contributed by atoms with van der Waals surface area (Å²) in [6.07, 6.45) is 0. The molecule has 2 rings (SSSR count). The van der Waals surface area contributed by atoms with Crippen LogP contribution in [0.2, 0.25) is 0 Å². The van der Waals surface area contributed by atoms with Crippen molar-refractivity contribution in [3.63, 3.8) is 0 Å². The molecule has 7 nitrogen and oxygen atoms in total. The van der Waals surface area contributed by atoms with Crippen molar-refractivity contribution in [3.8, 4) is 11.5 Å². The zero-order valence-corrected chi connectivity index (χ0v) is 15.9. The third-order valence-electron chi connectivity index (χ3n) is 3.53. The van der Waals surface area contributed by atoms with Gasteiger partial charge in [-0.15, -0.1) is 11.8 Å².